The summed E-state index contributed by atoms with van der Waals surface area (Å²) in [5.74, 6) is -1.14. The fourth-order valence-electron chi connectivity index (χ4n) is 3.96. The van der Waals surface area contributed by atoms with Crippen molar-refractivity contribution in [3.8, 4) is 0 Å². The van der Waals surface area contributed by atoms with Gasteiger partial charge in [0.1, 0.15) is 11.4 Å². The van der Waals surface area contributed by atoms with E-state index in [0.29, 0.717) is 40.0 Å². The summed E-state index contributed by atoms with van der Waals surface area (Å²) in [7, 11) is 2.61. The molecule has 0 aromatic carbocycles. The van der Waals surface area contributed by atoms with Gasteiger partial charge >= 0.3 is 11.9 Å². The molecular formula is C23H22N2O6S2. The first-order valence-electron chi connectivity index (χ1n) is 10.2. The van der Waals surface area contributed by atoms with Crippen molar-refractivity contribution in [1.29, 1.82) is 0 Å². The number of carbonyl (C=O) groups is 4. The van der Waals surface area contributed by atoms with Gasteiger partial charge in [-0.05, 0) is 32.4 Å². The molecule has 0 aliphatic carbocycles. The minimum Gasteiger partial charge on any atom is -0.464 e. The highest BCUT2D eigenvalue weighted by molar-refractivity contribution is 7.19. The molecule has 0 aliphatic heterocycles. The molecule has 0 fully saturated rings. The van der Waals surface area contributed by atoms with Crippen molar-refractivity contribution >= 4 is 66.6 Å². The topological polar surface area (TPSA) is 118 Å². The molecule has 4 aromatic heterocycles. The number of aromatic amines is 2. The molecule has 0 saturated carbocycles. The van der Waals surface area contributed by atoms with Crippen LogP contribution in [-0.2, 0) is 9.47 Å². The Morgan fingerprint density at radius 2 is 1.15 bits per heavy atom. The Bertz CT molecular complexity index is 1310. The molecule has 4 heterocycles. The molecule has 0 spiro atoms. The molecule has 0 unspecified atom stereocenters. The summed E-state index contributed by atoms with van der Waals surface area (Å²) < 4.78 is 11.1. The van der Waals surface area contributed by atoms with Crippen LogP contribution in [0.15, 0.2) is 12.1 Å². The number of aromatic nitrogens is 2. The Kier molecular flexibility index (Phi) is 6.22. The number of Topliss-reactive ketones (excluding diaryl/α,β-unsaturated/α-hetero) is 2. The Morgan fingerprint density at radius 3 is 1.52 bits per heavy atom. The number of ether oxygens (including phenoxy) is 2. The van der Waals surface area contributed by atoms with Gasteiger partial charge in [0.05, 0.1) is 45.8 Å². The van der Waals surface area contributed by atoms with Crippen molar-refractivity contribution in [2.75, 3.05) is 14.2 Å². The first-order chi connectivity index (χ1) is 15.7. The van der Waals surface area contributed by atoms with Gasteiger partial charge in [0, 0.05) is 22.6 Å². The highest BCUT2D eigenvalue weighted by Gasteiger charge is 2.23. The van der Waals surface area contributed by atoms with Crippen LogP contribution in [0.4, 0.5) is 0 Å². The van der Waals surface area contributed by atoms with E-state index in [-0.39, 0.29) is 24.4 Å². The van der Waals surface area contributed by atoms with Gasteiger partial charge in [0.2, 0.25) is 0 Å². The van der Waals surface area contributed by atoms with E-state index in [4.69, 9.17) is 9.47 Å². The van der Waals surface area contributed by atoms with Crippen molar-refractivity contribution in [3.05, 3.63) is 44.4 Å². The standard InChI is InChI=1S/C23H22N2O6S2/c1-10-18(20-16(32-10)8-12(24-20)22(28)30-3)14(26)6-5-7-15(27)19-11(2)33-17-9-13(23(29)31-4)25-21(17)19/h8-9,24-25H,5-7H2,1-4H3. The number of methoxy groups -OCH3 is 2. The third-order valence-electron chi connectivity index (χ3n) is 5.47. The van der Waals surface area contributed by atoms with E-state index in [1.54, 1.807) is 12.1 Å². The molecule has 10 heteroatoms. The SMILES string of the molecule is COC(=O)c1cc2sc(C)c(C(=O)CCCC(=O)c3c(C)sc4cc(C(=O)OC)[nH]c34)c2[nH]1. The zero-order valence-corrected chi connectivity index (χ0v) is 20.2. The first kappa shape index (κ1) is 22.9. The van der Waals surface area contributed by atoms with Crippen LogP contribution in [-0.4, -0.2) is 47.7 Å². The van der Waals surface area contributed by atoms with E-state index in [2.05, 4.69) is 9.97 Å². The van der Waals surface area contributed by atoms with E-state index in [0.717, 1.165) is 19.2 Å². The van der Waals surface area contributed by atoms with Crippen LogP contribution in [0.2, 0.25) is 0 Å². The highest BCUT2D eigenvalue weighted by Crippen LogP contribution is 2.34. The van der Waals surface area contributed by atoms with Gasteiger partial charge in [-0.1, -0.05) is 0 Å². The predicted molar refractivity (Wildman–Crippen MR) is 127 cm³/mol. The summed E-state index contributed by atoms with van der Waals surface area (Å²) in [5.41, 5.74) is 2.98. The summed E-state index contributed by atoms with van der Waals surface area (Å²) in [6.07, 6.45) is 0.797. The fourth-order valence-corrected chi connectivity index (χ4v) is 6.12. The van der Waals surface area contributed by atoms with Gasteiger partial charge in [0.25, 0.3) is 0 Å². The summed E-state index contributed by atoms with van der Waals surface area (Å²) in [6.45, 7) is 3.73. The van der Waals surface area contributed by atoms with Crippen LogP contribution >= 0.6 is 22.7 Å². The maximum absolute atomic E-state index is 13.0. The predicted octanol–water partition coefficient (Wildman–Crippen LogP) is 5.20. The van der Waals surface area contributed by atoms with Crippen LogP contribution in [0.1, 0.15) is 70.7 Å². The van der Waals surface area contributed by atoms with Gasteiger partial charge in [-0.2, -0.15) is 0 Å². The second-order valence-corrected chi connectivity index (χ2v) is 10.1. The quantitative estimate of drug-likeness (QED) is 0.261. The van der Waals surface area contributed by atoms with Crippen LogP contribution in [0.25, 0.3) is 20.4 Å². The van der Waals surface area contributed by atoms with Gasteiger partial charge in [0.15, 0.2) is 11.6 Å². The average molecular weight is 487 g/mol. The number of fused-ring (bicyclic) bond motifs is 2. The minimum atomic E-state index is -0.489. The lowest BCUT2D eigenvalue weighted by Crippen LogP contribution is -2.05. The number of thiophene rings is 2. The van der Waals surface area contributed by atoms with Crippen molar-refractivity contribution in [1.82, 2.24) is 9.97 Å². The summed E-state index contributed by atoms with van der Waals surface area (Å²) in [4.78, 5) is 57.2. The smallest absolute Gasteiger partial charge is 0.354 e. The molecular weight excluding hydrogens is 464 g/mol. The minimum absolute atomic E-state index is 0.0788. The lowest BCUT2D eigenvalue weighted by atomic mass is 10.0. The van der Waals surface area contributed by atoms with E-state index < -0.39 is 11.9 Å². The van der Waals surface area contributed by atoms with Gasteiger partial charge in [-0.15, -0.1) is 22.7 Å². The van der Waals surface area contributed by atoms with Crippen molar-refractivity contribution in [2.45, 2.75) is 33.1 Å². The summed E-state index contributed by atoms with van der Waals surface area (Å²) in [6, 6.07) is 3.37. The lowest BCUT2D eigenvalue weighted by molar-refractivity contribution is 0.0586. The first-order valence-corrected chi connectivity index (χ1v) is 11.9. The Hall–Kier alpha value is -3.24. The Labute approximate surface area is 196 Å². The monoisotopic (exact) mass is 486 g/mol. The Morgan fingerprint density at radius 1 is 0.758 bits per heavy atom. The van der Waals surface area contributed by atoms with Crippen molar-refractivity contribution < 1.29 is 28.7 Å². The molecule has 172 valence electrons. The van der Waals surface area contributed by atoms with Crippen LogP contribution in [0.5, 0.6) is 0 Å². The number of carbonyl (C=O) groups excluding carboxylic acids is 4. The molecule has 4 rings (SSSR count). The van der Waals surface area contributed by atoms with E-state index in [1.165, 1.54) is 36.9 Å². The fraction of sp³-hybridized carbons (Fsp3) is 0.304. The molecule has 0 aliphatic rings. The molecule has 0 saturated heterocycles. The maximum atomic E-state index is 13.0. The highest BCUT2D eigenvalue weighted by atomic mass is 32.1. The molecule has 2 N–H and O–H groups in total. The lowest BCUT2D eigenvalue weighted by Gasteiger charge is -2.03. The number of aryl methyl sites for hydroxylation is 2. The molecule has 0 radical (unpaired) electrons. The maximum Gasteiger partial charge on any atom is 0.354 e. The molecule has 0 amide bonds. The second kappa shape index (κ2) is 8.95. The number of ketones is 2. The number of H-pyrrole nitrogens is 2. The number of nitrogens with one attached hydrogen (secondary N) is 2. The average Bonchev–Trinajstić information content (AvgIpc) is 3.50. The van der Waals surface area contributed by atoms with Crippen LogP contribution in [0.3, 0.4) is 0 Å². The van der Waals surface area contributed by atoms with Crippen LogP contribution < -0.4 is 0 Å². The van der Waals surface area contributed by atoms with Gasteiger partial charge in [-0.25, -0.2) is 9.59 Å². The Balaban J connectivity index is 1.47. The summed E-state index contributed by atoms with van der Waals surface area (Å²) in [5, 5.41) is 0. The third-order valence-corrected chi connectivity index (χ3v) is 7.57. The molecule has 0 bridgehead atoms. The van der Waals surface area contributed by atoms with Gasteiger partial charge in [-0.3, -0.25) is 9.59 Å². The van der Waals surface area contributed by atoms with Crippen molar-refractivity contribution in [2.24, 2.45) is 0 Å². The number of rotatable bonds is 8. The van der Waals surface area contributed by atoms with E-state index >= 15 is 0 Å². The number of hydrogen-bond acceptors (Lipinski definition) is 8. The molecule has 0 atom stereocenters. The number of hydrogen-bond donors (Lipinski definition) is 2. The van der Waals surface area contributed by atoms with Crippen LogP contribution in [0, 0.1) is 13.8 Å². The molecule has 8 nitrogen and oxygen atoms in total. The van der Waals surface area contributed by atoms with E-state index in [9.17, 15) is 19.2 Å². The van der Waals surface area contributed by atoms with E-state index in [1.807, 2.05) is 13.8 Å². The second-order valence-electron chi connectivity index (χ2n) is 7.59. The zero-order valence-electron chi connectivity index (χ0n) is 18.5. The molecule has 33 heavy (non-hydrogen) atoms. The third kappa shape index (κ3) is 4.11. The normalized spacial score (nSPS) is 11.3. The largest absolute Gasteiger partial charge is 0.464 e. The van der Waals surface area contributed by atoms with Gasteiger partial charge < -0.3 is 19.4 Å². The zero-order chi connectivity index (χ0) is 23.9. The summed E-state index contributed by atoms with van der Waals surface area (Å²) >= 11 is 2.87. The van der Waals surface area contributed by atoms with Crippen molar-refractivity contribution in [3.63, 3.8) is 0 Å². The molecule has 4 aromatic rings. The number of esters is 2.